The van der Waals surface area contributed by atoms with Gasteiger partial charge in [-0.3, -0.25) is 9.59 Å². The predicted molar refractivity (Wildman–Crippen MR) is 149 cm³/mol. The van der Waals surface area contributed by atoms with E-state index in [9.17, 15) is 18.8 Å². The lowest BCUT2D eigenvalue weighted by Crippen LogP contribution is -2.47. The second-order valence-electron chi connectivity index (χ2n) is 12.8. The summed E-state index contributed by atoms with van der Waals surface area (Å²) in [6.07, 6.45) is 2.08. The highest BCUT2D eigenvalue weighted by Crippen LogP contribution is 2.46. The lowest BCUT2D eigenvalue weighted by molar-refractivity contribution is -0.143. The third-order valence-corrected chi connectivity index (χ3v) is 9.58. The fourth-order valence-corrected chi connectivity index (χ4v) is 6.10. The molecule has 2 aliphatic heterocycles. The first-order valence-corrected chi connectivity index (χ1v) is 14.4. The molecule has 10 heteroatoms. The molecule has 2 saturated heterocycles. The molecule has 1 saturated carbocycles. The van der Waals surface area contributed by atoms with Crippen LogP contribution in [0.2, 0.25) is 0 Å². The Labute approximate surface area is 240 Å². The van der Waals surface area contributed by atoms with E-state index in [2.05, 4.69) is 0 Å². The average molecular weight is 562 g/mol. The number of halogens is 1. The fraction of sp³-hybridized carbons (Fsp3) is 0.516. The molecule has 0 N–H and O–H groups in total. The Kier molecular flexibility index (Phi) is 6.58. The third kappa shape index (κ3) is 4.75. The molecule has 6 rings (SSSR count). The number of aryl methyl sites for hydroxylation is 1. The molecular weight excluding hydrogens is 526 g/mol. The first-order chi connectivity index (χ1) is 19.3. The van der Waals surface area contributed by atoms with Crippen LogP contribution in [0.15, 0.2) is 42.5 Å². The maximum absolute atomic E-state index is 13.8. The summed E-state index contributed by atoms with van der Waals surface area (Å²) in [6, 6.07) is 11.6. The lowest BCUT2D eigenvalue weighted by atomic mass is 9.77. The fourth-order valence-electron chi connectivity index (χ4n) is 6.10. The summed E-state index contributed by atoms with van der Waals surface area (Å²) in [4.78, 5) is 43.1. The van der Waals surface area contributed by atoms with Crippen LogP contribution in [-0.2, 0) is 42.2 Å². The van der Waals surface area contributed by atoms with Crippen LogP contribution in [0.3, 0.4) is 0 Å². The summed E-state index contributed by atoms with van der Waals surface area (Å²) >= 11 is 0. The molecule has 3 amide bonds. The number of fused-ring (bicyclic) bond motifs is 2. The van der Waals surface area contributed by atoms with E-state index in [0.29, 0.717) is 24.3 Å². The number of hydrogen-bond donors (Lipinski definition) is 0. The van der Waals surface area contributed by atoms with Crippen LogP contribution in [0, 0.1) is 11.7 Å². The summed E-state index contributed by atoms with van der Waals surface area (Å²) in [5.74, 6) is -0.839. The maximum atomic E-state index is 13.8. The standard InChI is InChI=1S/C31H36BFN2O6/c1-19(21-8-9-21)34(17-20-6-11-24(33)12-7-20)26(36)18-35-27(37)31(39-28(35)38)15-14-22-16-23(10-13-25(22)31)32-40-29(2,3)30(4,5)41-32/h6-7,10-13,16,19,21H,8-9,14-15,17-18H2,1-5H3/t19-,31+/m0/s1. The molecule has 0 unspecified atom stereocenters. The van der Waals surface area contributed by atoms with Gasteiger partial charge >= 0.3 is 13.2 Å². The van der Waals surface area contributed by atoms with Crippen molar-refractivity contribution in [2.45, 2.75) is 89.7 Å². The summed E-state index contributed by atoms with van der Waals surface area (Å²) in [7, 11) is -0.543. The molecule has 4 aliphatic rings. The van der Waals surface area contributed by atoms with E-state index in [-0.39, 0.29) is 24.3 Å². The number of hydrogen-bond acceptors (Lipinski definition) is 6. The number of amides is 3. The van der Waals surface area contributed by atoms with Crippen molar-refractivity contribution in [1.29, 1.82) is 0 Å². The molecule has 2 heterocycles. The Morgan fingerprint density at radius 3 is 2.37 bits per heavy atom. The number of imide groups is 1. The van der Waals surface area contributed by atoms with Crippen molar-refractivity contribution in [3.8, 4) is 0 Å². The van der Waals surface area contributed by atoms with Crippen molar-refractivity contribution in [3.63, 3.8) is 0 Å². The van der Waals surface area contributed by atoms with Crippen molar-refractivity contribution < 1.29 is 32.8 Å². The number of carbonyl (C=O) groups is 3. The Morgan fingerprint density at radius 2 is 1.73 bits per heavy atom. The smallest absolute Gasteiger partial charge is 0.427 e. The molecule has 2 aromatic rings. The zero-order valence-electron chi connectivity index (χ0n) is 24.2. The van der Waals surface area contributed by atoms with E-state index in [1.807, 2.05) is 52.8 Å². The van der Waals surface area contributed by atoms with Gasteiger partial charge in [0.05, 0.1) is 11.2 Å². The van der Waals surface area contributed by atoms with E-state index in [1.165, 1.54) is 12.1 Å². The van der Waals surface area contributed by atoms with Crippen LogP contribution in [-0.4, -0.2) is 58.6 Å². The van der Waals surface area contributed by atoms with Crippen LogP contribution in [0.1, 0.15) is 70.6 Å². The van der Waals surface area contributed by atoms with Gasteiger partial charge in [0.1, 0.15) is 12.4 Å². The molecule has 8 nitrogen and oxygen atoms in total. The first-order valence-electron chi connectivity index (χ1n) is 14.4. The first kappa shape index (κ1) is 27.9. The van der Waals surface area contributed by atoms with Gasteiger partial charge in [-0.25, -0.2) is 14.1 Å². The number of benzene rings is 2. The zero-order valence-corrected chi connectivity index (χ0v) is 24.2. The van der Waals surface area contributed by atoms with Crippen LogP contribution in [0.4, 0.5) is 9.18 Å². The van der Waals surface area contributed by atoms with Gasteiger partial charge in [-0.1, -0.05) is 30.3 Å². The highest BCUT2D eigenvalue weighted by molar-refractivity contribution is 6.62. The van der Waals surface area contributed by atoms with Gasteiger partial charge in [-0.2, -0.15) is 0 Å². The number of carbonyl (C=O) groups excluding carboxylic acids is 3. The minimum Gasteiger partial charge on any atom is -0.427 e. The minimum absolute atomic E-state index is 0.0733. The van der Waals surface area contributed by atoms with Gasteiger partial charge in [0.2, 0.25) is 11.5 Å². The quantitative estimate of drug-likeness (QED) is 0.473. The van der Waals surface area contributed by atoms with E-state index >= 15 is 0 Å². The Bertz CT molecular complexity index is 1390. The molecule has 2 atom stereocenters. The van der Waals surface area contributed by atoms with E-state index in [4.69, 9.17) is 14.0 Å². The van der Waals surface area contributed by atoms with Crippen LogP contribution in [0.25, 0.3) is 0 Å². The zero-order chi connectivity index (χ0) is 29.3. The van der Waals surface area contributed by atoms with Gasteiger partial charge in [-0.05, 0) is 88.5 Å². The van der Waals surface area contributed by atoms with E-state index < -0.39 is 42.5 Å². The van der Waals surface area contributed by atoms with Crippen LogP contribution in [0.5, 0.6) is 0 Å². The van der Waals surface area contributed by atoms with Crippen molar-refractivity contribution in [3.05, 3.63) is 65.0 Å². The van der Waals surface area contributed by atoms with Crippen LogP contribution >= 0.6 is 0 Å². The molecule has 41 heavy (non-hydrogen) atoms. The summed E-state index contributed by atoms with van der Waals surface area (Å²) in [5.41, 5.74) is 0.751. The highest BCUT2D eigenvalue weighted by Gasteiger charge is 2.59. The molecule has 0 radical (unpaired) electrons. The highest BCUT2D eigenvalue weighted by atomic mass is 19.1. The molecular formula is C31H36BFN2O6. The molecule has 3 fully saturated rings. The van der Waals surface area contributed by atoms with Crippen molar-refractivity contribution in [2.24, 2.45) is 5.92 Å². The van der Waals surface area contributed by atoms with Crippen molar-refractivity contribution >= 4 is 30.5 Å². The van der Waals surface area contributed by atoms with Crippen molar-refractivity contribution in [1.82, 2.24) is 9.80 Å². The van der Waals surface area contributed by atoms with Gasteiger partial charge in [0.15, 0.2) is 0 Å². The number of rotatable bonds is 7. The molecule has 1 spiro atoms. The normalized spacial score (nSPS) is 25.0. The topological polar surface area (TPSA) is 85.4 Å². The number of nitrogens with zero attached hydrogens (tertiary/aromatic N) is 2. The summed E-state index contributed by atoms with van der Waals surface area (Å²) in [6.45, 7) is 9.82. The maximum Gasteiger partial charge on any atom is 0.494 e. The summed E-state index contributed by atoms with van der Waals surface area (Å²) in [5, 5.41) is 0. The molecule has 0 aromatic heterocycles. The van der Waals surface area contributed by atoms with Crippen LogP contribution < -0.4 is 5.46 Å². The van der Waals surface area contributed by atoms with Gasteiger partial charge in [0.25, 0.3) is 5.91 Å². The van der Waals surface area contributed by atoms with Gasteiger partial charge in [-0.15, -0.1) is 0 Å². The Morgan fingerprint density at radius 1 is 1.07 bits per heavy atom. The third-order valence-electron chi connectivity index (χ3n) is 9.58. The van der Waals surface area contributed by atoms with Crippen molar-refractivity contribution in [2.75, 3.05) is 6.54 Å². The number of ether oxygens (including phenoxy) is 1. The largest absolute Gasteiger partial charge is 0.494 e. The Balaban J connectivity index is 1.21. The van der Waals surface area contributed by atoms with E-state index in [0.717, 1.165) is 34.3 Å². The second kappa shape index (κ2) is 9.66. The second-order valence-corrected chi connectivity index (χ2v) is 12.8. The molecule has 2 aromatic carbocycles. The SMILES string of the molecule is C[C@@H](C1CC1)N(Cc1ccc(F)cc1)C(=O)CN1C(=O)O[C@@]2(CCc3cc(B4OC(C)(C)C(C)(C)O4)ccc32)C1=O. The molecule has 0 bridgehead atoms. The minimum atomic E-state index is -1.44. The molecule has 2 aliphatic carbocycles. The van der Waals surface area contributed by atoms with E-state index in [1.54, 1.807) is 17.0 Å². The van der Waals surface area contributed by atoms with Gasteiger partial charge in [0, 0.05) is 24.6 Å². The average Bonchev–Trinajstić information content (AvgIpc) is 3.62. The Hall–Kier alpha value is -3.24. The summed E-state index contributed by atoms with van der Waals surface area (Å²) < 4.78 is 31.6. The lowest BCUT2D eigenvalue weighted by Gasteiger charge is -2.32. The molecule has 216 valence electrons. The predicted octanol–water partition coefficient (Wildman–Crippen LogP) is 4.07. The van der Waals surface area contributed by atoms with Gasteiger partial charge < -0.3 is 18.9 Å². The monoisotopic (exact) mass is 562 g/mol.